The summed E-state index contributed by atoms with van der Waals surface area (Å²) >= 11 is 0. The van der Waals surface area contributed by atoms with Crippen LogP contribution in [0, 0.1) is 5.82 Å². The van der Waals surface area contributed by atoms with Gasteiger partial charge in [-0.15, -0.1) is 0 Å². The lowest BCUT2D eigenvalue weighted by molar-refractivity contribution is 0.289. The normalized spacial score (nSPS) is 10.2. The van der Waals surface area contributed by atoms with Crippen LogP contribution in [-0.2, 0) is 0 Å². The van der Waals surface area contributed by atoms with Crippen LogP contribution in [0.2, 0.25) is 0 Å². The molecule has 0 aliphatic heterocycles. The van der Waals surface area contributed by atoms with Crippen LogP contribution in [0.5, 0.6) is 0 Å². The third-order valence-electron chi connectivity index (χ3n) is 2.16. The number of aliphatic hydroxyl groups excluding tert-OH is 1. The second-order valence-electron chi connectivity index (χ2n) is 3.11. The molecule has 0 unspecified atom stereocenters. The second-order valence-corrected chi connectivity index (χ2v) is 3.11. The van der Waals surface area contributed by atoms with Crippen molar-refractivity contribution in [3.63, 3.8) is 0 Å². The van der Waals surface area contributed by atoms with E-state index in [1.807, 2.05) is 17.9 Å². The Kier molecular flexibility index (Phi) is 4.40. The number of anilines is 1. The van der Waals surface area contributed by atoms with Gasteiger partial charge in [-0.05, 0) is 25.5 Å². The maximum atomic E-state index is 13.3. The largest absolute Gasteiger partial charge is 0.396 e. The highest BCUT2D eigenvalue weighted by molar-refractivity contribution is 5.47. The Balaban J connectivity index is 2.73. The molecule has 1 aromatic carbocycles. The third kappa shape index (κ3) is 2.70. The molecule has 1 N–H and O–H groups in total. The lowest BCUT2D eigenvalue weighted by Crippen LogP contribution is -2.25. The predicted molar refractivity (Wildman–Crippen MR) is 56.0 cm³/mol. The molecule has 0 bridgehead atoms. The van der Waals surface area contributed by atoms with E-state index in [2.05, 4.69) is 0 Å². The summed E-state index contributed by atoms with van der Waals surface area (Å²) in [7, 11) is 0. The number of para-hydroxylation sites is 1. The number of halogens is 1. The van der Waals surface area contributed by atoms with E-state index in [0.29, 0.717) is 18.7 Å². The smallest absolute Gasteiger partial charge is 0.146 e. The number of nitrogens with zero attached hydrogens (tertiary/aromatic N) is 1. The quantitative estimate of drug-likeness (QED) is 0.780. The van der Waals surface area contributed by atoms with Gasteiger partial charge in [0.1, 0.15) is 5.82 Å². The first kappa shape index (κ1) is 11.0. The first-order valence-corrected chi connectivity index (χ1v) is 4.90. The maximum absolute atomic E-state index is 13.3. The molecule has 0 aromatic heterocycles. The molecule has 78 valence electrons. The van der Waals surface area contributed by atoms with E-state index in [1.54, 1.807) is 12.1 Å². The van der Waals surface area contributed by atoms with E-state index in [-0.39, 0.29) is 12.4 Å². The van der Waals surface area contributed by atoms with Gasteiger partial charge >= 0.3 is 0 Å². The monoisotopic (exact) mass is 197 g/mol. The summed E-state index contributed by atoms with van der Waals surface area (Å²) in [5, 5.41) is 8.71. The van der Waals surface area contributed by atoms with E-state index < -0.39 is 0 Å². The van der Waals surface area contributed by atoms with Crippen LogP contribution < -0.4 is 4.90 Å². The lowest BCUT2D eigenvalue weighted by Gasteiger charge is -2.22. The average Bonchev–Trinajstić information content (AvgIpc) is 2.21. The van der Waals surface area contributed by atoms with Gasteiger partial charge in [0.2, 0.25) is 0 Å². The molecular formula is C11H16FNO. The van der Waals surface area contributed by atoms with Gasteiger partial charge < -0.3 is 10.0 Å². The van der Waals surface area contributed by atoms with Gasteiger partial charge in [0.25, 0.3) is 0 Å². The molecule has 3 heteroatoms. The zero-order valence-corrected chi connectivity index (χ0v) is 8.41. The summed E-state index contributed by atoms with van der Waals surface area (Å²) < 4.78 is 13.3. The summed E-state index contributed by atoms with van der Waals surface area (Å²) in [5.41, 5.74) is 0.614. The topological polar surface area (TPSA) is 23.5 Å². The molecular weight excluding hydrogens is 181 g/mol. The molecule has 0 heterocycles. The van der Waals surface area contributed by atoms with Crippen LogP contribution in [0.25, 0.3) is 0 Å². The van der Waals surface area contributed by atoms with Gasteiger partial charge in [0, 0.05) is 19.7 Å². The summed E-state index contributed by atoms with van der Waals surface area (Å²) in [6.07, 6.45) is 0.669. The SMILES string of the molecule is CCN(CCCO)c1ccccc1F. The zero-order chi connectivity index (χ0) is 10.4. The fourth-order valence-electron chi connectivity index (χ4n) is 1.42. The van der Waals surface area contributed by atoms with Crippen LogP contribution in [-0.4, -0.2) is 24.8 Å². The van der Waals surface area contributed by atoms with Crippen molar-refractivity contribution in [3.05, 3.63) is 30.1 Å². The molecule has 0 radical (unpaired) electrons. The molecule has 0 spiro atoms. The van der Waals surface area contributed by atoms with E-state index in [0.717, 1.165) is 6.54 Å². The Morgan fingerprint density at radius 2 is 2.07 bits per heavy atom. The minimum absolute atomic E-state index is 0.144. The highest BCUT2D eigenvalue weighted by atomic mass is 19.1. The number of hydrogen-bond donors (Lipinski definition) is 1. The highest BCUT2D eigenvalue weighted by Crippen LogP contribution is 2.18. The highest BCUT2D eigenvalue weighted by Gasteiger charge is 2.07. The van der Waals surface area contributed by atoms with Crippen LogP contribution >= 0.6 is 0 Å². The molecule has 0 saturated carbocycles. The predicted octanol–water partition coefficient (Wildman–Crippen LogP) is 2.03. The summed E-state index contributed by atoms with van der Waals surface area (Å²) in [4.78, 5) is 1.92. The van der Waals surface area contributed by atoms with E-state index in [9.17, 15) is 4.39 Å². The van der Waals surface area contributed by atoms with Crippen molar-refractivity contribution in [1.82, 2.24) is 0 Å². The average molecular weight is 197 g/mol. The second kappa shape index (κ2) is 5.60. The van der Waals surface area contributed by atoms with E-state index in [4.69, 9.17) is 5.11 Å². The van der Waals surface area contributed by atoms with Gasteiger partial charge in [-0.25, -0.2) is 4.39 Å². The van der Waals surface area contributed by atoms with E-state index in [1.165, 1.54) is 6.07 Å². The van der Waals surface area contributed by atoms with Crippen molar-refractivity contribution in [2.75, 3.05) is 24.6 Å². The zero-order valence-electron chi connectivity index (χ0n) is 8.41. The van der Waals surface area contributed by atoms with Crippen molar-refractivity contribution >= 4 is 5.69 Å². The standard InChI is InChI=1S/C11H16FNO/c1-2-13(8-5-9-14)11-7-4-3-6-10(11)12/h3-4,6-7,14H,2,5,8-9H2,1H3. The molecule has 0 aliphatic rings. The molecule has 0 saturated heterocycles. The number of benzene rings is 1. The maximum Gasteiger partial charge on any atom is 0.146 e. The molecule has 0 amide bonds. The van der Waals surface area contributed by atoms with Crippen LogP contribution in [0.1, 0.15) is 13.3 Å². The van der Waals surface area contributed by atoms with Crippen molar-refractivity contribution in [3.8, 4) is 0 Å². The Morgan fingerprint density at radius 1 is 1.36 bits per heavy atom. The Bertz CT molecular complexity index is 278. The molecule has 0 atom stereocenters. The summed E-state index contributed by atoms with van der Waals surface area (Å²) in [6, 6.07) is 6.71. The molecule has 0 aliphatic carbocycles. The van der Waals surface area contributed by atoms with Gasteiger partial charge in [-0.2, -0.15) is 0 Å². The third-order valence-corrected chi connectivity index (χ3v) is 2.16. The minimum Gasteiger partial charge on any atom is -0.396 e. The molecule has 0 fully saturated rings. The van der Waals surface area contributed by atoms with Crippen LogP contribution in [0.15, 0.2) is 24.3 Å². The van der Waals surface area contributed by atoms with Gasteiger partial charge in [0.15, 0.2) is 0 Å². The summed E-state index contributed by atoms with van der Waals surface area (Å²) in [5.74, 6) is -0.202. The van der Waals surface area contributed by atoms with Gasteiger partial charge in [-0.1, -0.05) is 12.1 Å². The van der Waals surface area contributed by atoms with Crippen molar-refractivity contribution in [2.24, 2.45) is 0 Å². The minimum atomic E-state index is -0.202. The van der Waals surface area contributed by atoms with Crippen LogP contribution in [0.3, 0.4) is 0 Å². The van der Waals surface area contributed by atoms with Gasteiger partial charge in [-0.3, -0.25) is 0 Å². The van der Waals surface area contributed by atoms with Crippen molar-refractivity contribution in [2.45, 2.75) is 13.3 Å². The number of aliphatic hydroxyl groups is 1. The van der Waals surface area contributed by atoms with Crippen molar-refractivity contribution in [1.29, 1.82) is 0 Å². The van der Waals surface area contributed by atoms with Crippen LogP contribution in [0.4, 0.5) is 10.1 Å². The van der Waals surface area contributed by atoms with Crippen molar-refractivity contribution < 1.29 is 9.50 Å². The Morgan fingerprint density at radius 3 is 2.64 bits per heavy atom. The molecule has 2 nitrogen and oxygen atoms in total. The van der Waals surface area contributed by atoms with E-state index >= 15 is 0 Å². The lowest BCUT2D eigenvalue weighted by atomic mass is 10.2. The van der Waals surface area contributed by atoms with Gasteiger partial charge in [0.05, 0.1) is 5.69 Å². The number of hydrogen-bond acceptors (Lipinski definition) is 2. The molecule has 1 aromatic rings. The molecule has 1 rings (SSSR count). The fraction of sp³-hybridized carbons (Fsp3) is 0.455. The Hall–Kier alpha value is -1.09. The Labute approximate surface area is 84.0 Å². The summed E-state index contributed by atoms with van der Waals surface area (Å²) in [6.45, 7) is 3.56. The molecule has 14 heavy (non-hydrogen) atoms. The first-order chi connectivity index (χ1) is 6.79. The first-order valence-electron chi connectivity index (χ1n) is 4.90. The number of rotatable bonds is 5. The fourth-order valence-corrected chi connectivity index (χ4v) is 1.42.